The minimum atomic E-state index is -0.616. The number of H-pyrrole nitrogens is 1. The Morgan fingerprint density at radius 1 is 1.23 bits per heavy atom. The zero-order valence-corrected chi connectivity index (χ0v) is 17.8. The van der Waals surface area contributed by atoms with Gasteiger partial charge in [0, 0.05) is 23.8 Å². The molecule has 5 rings (SSSR count). The van der Waals surface area contributed by atoms with Crippen molar-refractivity contribution < 1.29 is 0 Å². The van der Waals surface area contributed by atoms with Gasteiger partial charge in [0.05, 0.1) is 18.4 Å². The summed E-state index contributed by atoms with van der Waals surface area (Å²) < 4.78 is 1.99. The predicted molar refractivity (Wildman–Crippen MR) is 119 cm³/mol. The number of hydrogen-bond acceptors (Lipinski definition) is 8. The van der Waals surface area contributed by atoms with E-state index in [-0.39, 0.29) is 0 Å². The number of halogens is 1. The van der Waals surface area contributed by atoms with Crippen molar-refractivity contribution in [1.29, 1.82) is 0 Å². The molecule has 4 aromatic rings. The van der Waals surface area contributed by atoms with E-state index in [2.05, 4.69) is 42.0 Å². The Bertz CT molecular complexity index is 1230. The number of nitrogens with zero attached hydrogens (tertiary/aromatic N) is 7. The zero-order valence-electron chi connectivity index (χ0n) is 17.1. The lowest BCUT2D eigenvalue weighted by Crippen LogP contribution is -2.41. The van der Waals surface area contributed by atoms with Gasteiger partial charge in [-0.3, -0.25) is 5.10 Å². The third-order valence-corrected chi connectivity index (χ3v) is 6.14. The molecule has 1 unspecified atom stereocenters. The predicted octanol–water partition coefficient (Wildman–Crippen LogP) is 1.85. The van der Waals surface area contributed by atoms with Crippen LogP contribution in [0.25, 0.3) is 11.2 Å². The number of nitrogen functional groups attached to an aromatic ring is 1. The summed E-state index contributed by atoms with van der Waals surface area (Å²) in [5.74, 6) is 0.997. The standard InChI is InChI=1S/C20H23ClN10/c1-2-12-5-13(21)6-15(30-4-3-20(23,8-30)19-26-10-28-29-19)14(12)7-31-11-27-16-17(22)24-9-25-18(16)31/h5-6,9-11H,2-4,7-8,23H2,1H3,(H2,22,24,25)(H,26,28,29). The number of imidazole rings is 1. The molecule has 160 valence electrons. The lowest BCUT2D eigenvalue weighted by Gasteiger charge is -2.26. The normalized spacial score (nSPS) is 18.9. The molecule has 1 aliphatic rings. The molecule has 5 N–H and O–H groups in total. The molecule has 0 amide bonds. The molecule has 0 spiro atoms. The SMILES string of the molecule is CCc1cc(Cl)cc(N2CCC(N)(c3nc[nH]n3)C2)c1Cn1cnc2c(N)ncnc21. The fourth-order valence-electron chi connectivity index (χ4n) is 4.31. The maximum Gasteiger partial charge on any atom is 0.171 e. The number of anilines is 2. The van der Waals surface area contributed by atoms with Crippen molar-refractivity contribution in [3.05, 3.63) is 53.1 Å². The second-order valence-corrected chi connectivity index (χ2v) is 8.31. The third kappa shape index (κ3) is 3.37. The summed E-state index contributed by atoms with van der Waals surface area (Å²) in [7, 11) is 0. The highest BCUT2D eigenvalue weighted by atomic mass is 35.5. The van der Waals surface area contributed by atoms with Crippen molar-refractivity contribution in [3.63, 3.8) is 0 Å². The molecule has 1 aromatic carbocycles. The van der Waals surface area contributed by atoms with Crippen molar-refractivity contribution in [1.82, 2.24) is 34.7 Å². The quantitative estimate of drug-likeness (QED) is 0.428. The molecule has 0 bridgehead atoms. The molecule has 10 nitrogen and oxygen atoms in total. The third-order valence-electron chi connectivity index (χ3n) is 5.92. The Labute approximate surface area is 183 Å². The van der Waals surface area contributed by atoms with E-state index in [1.54, 1.807) is 12.7 Å². The molecule has 0 aliphatic carbocycles. The van der Waals surface area contributed by atoms with E-state index in [0.29, 0.717) is 40.9 Å². The van der Waals surface area contributed by atoms with Crippen LogP contribution in [0.1, 0.15) is 30.3 Å². The van der Waals surface area contributed by atoms with Crippen molar-refractivity contribution in [2.24, 2.45) is 5.73 Å². The van der Waals surface area contributed by atoms with E-state index >= 15 is 0 Å². The van der Waals surface area contributed by atoms with Crippen LogP contribution in [0.2, 0.25) is 5.02 Å². The maximum atomic E-state index is 6.67. The Morgan fingerprint density at radius 2 is 2.10 bits per heavy atom. The summed E-state index contributed by atoms with van der Waals surface area (Å²) in [6.45, 7) is 4.08. The molecule has 1 atom stereocenters. The second-order valence-electron chi connectivity index (χ2n) is 7.87. The van der Waals surface area contributed by atoms with E-state index < -0.39 is 5.54 Å². The molecular weight excluding hydrogens is 416 g/mol. The molecule has 1 aliphatic heterocycles. The van der Waals surface area contributed by atoms with Gasteiger partial charge in [0.2, 0.25) is 0 Å². The molecule has 0 radical (unpaired) electrons. The topological polar surface area (TPSA) is 140 Å². The van der Waals surface area contributed by atoms with Crippen LogP contribution < -0.4 is 16.4 Å². The van der Waals surface area contributed by atoms with Gasteiger partial charge in [-0.25, -0.2) is 19.9 Å². The van der Waals surface area contributed by atoms with E-state index in [1.807, 2.05) is 16.7 Å². The first-order valence-corrected chi connectivity index (χ1v) is 10.5. The Hall–Kier alpha value is -3.24. The summed E-state index contributed by atoms with van der Waals surface area (Å²) in [5.41, 5.74) is 16.7. The number of benzene rings is 1. The molecule has 4 heterocycles. The zero-order chi connectivity index (χ0) is 21.6. The maximum absolute atomic E-state index is 6.67. The van der Waals surface area contributed by atoms with Crippen LogP contribution in [0.4, 0.5) is 11.5 Å². The minimum absolute atomic E-state index is 0.370. The Morgan fingerprint density at radius 3 is 2.87 bits per heavy atom. The molecule has 11 heteroatoms. The van der Waals surface area contributed by atoms with Gasteiger partial charge in [-0.1, -0.05) is 18.5 Å². The van der Waals surface area contributed by atoms with Gasteiger partial charge in [-0.2, -0.15) is 5.10 Å². The van der Waals surface area contributed by atoms with Crippen molar-refractivity contribution in [2.45, 2.75) is 31.8 Å². The number of aromatic nitrogens is 7. The Kier molecular flexibility index (Phi) is 4.75. The number of hydrogen-bond donors (Lipinski definition) is 3. The van der Waals surface area contributed by atoms with Gasteiger partial charge >= 0.3 is 0 Å². The highest BCUT2D eigenvalue weighted by Gasteiger charge is 2.40. The van der Waals surface area contributed by atoms with Gasteiger partial charge in [0.25, 0.3) is 0 Å². The summed E-state index contributed by atoms with van der Waals surface area (Å²) in [5, 5.41) is 7.69. The number of rotatable bonds is 5. The largest absolute Gasteiger partial charge is 0.382 e. The van der Waals surface area contributed by atoms with Gasteiger partial charge in [0.1, 0.15) is 18.2 Å². The number of aromatic amines is 1. The summed E-state index contributed by atoms with van der Waals surface area (Å²) in [6, 6.07) is 4.02. The van der Waals surface area contributed by atoms with Gasteiger partial charge in [0.15, 0.2) is 17.3 Å². The van der Waals surface area contributed by atoms with Gasteiger partial charge < -0.3 is 20.9 Å². The lowest BCUT2D eigenvalue weighted by atomic mass is 9.99. The molecule has 1 saturated heterocycles. The van der Waals surface area contributed by atoms with Crippen LogP contribution in [0.5, 0.6) is 0 Å². The summed E-state index contributed by atoms with van der Waals surface area (Å²) >= 11 is 6.50. The number of nitrogens with two attached hydrogens (primary N) is 2. The minimum Gasteiger partial charge on any atom is -0.382 e. The van der Waals surface area contributed by atoms with Crippen molar-refractivity contribution >= 4 is 34.3 Å². The van der Waals surface area contributed by atoms with E-state index in [1.165, 1.54) is 11.9 Å². The van der Waals surface area contributed by atoms with Gasteiger partial charge in [-0.05, 0) is 36.1 Å². The average molecular weight is 439 g/mol. The fraction of sp³-hybridized carbons (Fsp3) is 0.350. The average Bonchev–Trinajstić information content (AvgIpc) is 3.50. The van der Waals surface area contributed by atoms with E-state index in [9.17, 15) is 0 Å². The first-order chi connectivity index (χ1) is 15.0. The van der Waals surface area contributed by atoms with Crippen LogP contribution in [-0.2, 0) is 18.5 Å². The van der Waals surface area contributed by atoms with E-state index in [4.69, 9.17) is 23.1 Å². The van der Waals surface area contributed by atoms with Crippen molar-refractivity contribution in [3.8, 4) is 0 Å². The first-order valence-electron chi connectivity index (χ1n) is 10.1. The van der Waals surface area contributed by atoms with Crippen LogP contribution in [0, 0.1) is 0 Å². The second kappa shape index (κ2) is 7.47. The fourth-order valence-corrected chi connectivity index (χ4v) is 4.55. The Balaban J connectivity index is 1.55. The lowest BCUT2D eigenvalue weighted by molar-refractivity contribution is 0.467. The van der Waals surface area contributed by atoms with Crippen molar-refractivity contribution in [2.75, 3.05) is 23.7 Å². The van der Waals surface area contributed by atoms with Gasteiger partial charge in [-0.15, -0.1) is 0 Å². The summed E-state index contributed by atoms with van der Waals surface area (Å²) in [6.07, 6.45) is 6.35. The number of fused-ring (bicyclic) bond motifs is 1. The monoisotopic (exact) mass is 438 g/mol. The molecule has 31 heavy (non-hydrogen) atoms. The van der Waals surface area contributed by atoms with Crippen LogP contribution in [-0.4, -0.2) is 47.8 Å². The molecule has 0 saturated carbocycles. The van der Waals surface area contributed by atoms with E-state index in [0.717, 1.165) is 30.6 Å². The first kappa shape index (κ1) is 19.7. The number of nitrogens with one attached hydrogen (secondary N) is 1. The highest BCUT2D eigenvalue weighted by Crippen LogP contribution is 2.36. The number of aryl methyl sites for hydroxylation is 1. The smallest absolute Gasteiger partial charge is 0.171 e. The molecule has 3 aromatic heterocycles. The van der Waals surface area contributed by atoms with Crippen LogP contribution in [0.15, 0.2) is 31.1 Å². The van der Waals surface area contributed by atoms with Crippen LogP contribution in [0.3, 0.4) is 0 Å². The molecule has 1 fully saturated rings. The van der Waals surface area contributed by atoms with Crippen LogP contribution >= 0.6 is 11.6 Å². The highest BCUT2D eigenvalue weighted by molar-refractivity contribution is 6.31. The summed E-state index contributed by atoms with van der Waals surface area (Å²) in [4.78, 5) is 19.4. The molecular formula is C20H23ClN10.